The van der Waals surface area contributed by atoms with Gasteiger partial charge in [-0.15, -0.1) is 0 Å². The Bertz CT molecular complexity index is 583. The number of furan rings is 1. The Morgan fingerprint density at radius 1 is 0.844 bits per heavy atom. The Balaban J connectivity index is 1.41. The van der Waals surface area contributed by atoms with Crippen LogP contribution in [0.25, 0.3) is 0 Å². The van der Waals surface area contributed by atoms with E-state index in [9.17, 15) is 4.79 Å². The molecule has 2 rings (SSSR count). The van der Waals surface area contributed by atoms with Gasteiger partial charge in [0.05, 0.1) is 26.4 Å². The van der Waals surface area contributed by atoms with Crippen LogP contribution in [0.1, 0.15) is 101 Å². The Hall–Kier alpha value is -1.53. The van der Waals surface area contributed by atoms with Gasteiger partial charge in [0, 0.05) is 25.7 Å². The van der Waals surface area contributed by atoms with Crippen LogP contribution in [-0.4, -0.2) is 56.9 Å². The summed E-state index contributed by atoms with van der Waals surface area (Å²) >= 11 is 0. The van der Waals surface area contributed by atoms with Crippen molar-refractivity contribution in [3.8, 4) is 5.95 Å². The molecule has 1 aliphatic heterocycles. The molecule has 0 aliphatic carbocycles. The van der Waals surface area contributed by atoms with Gasteiger partial charge >= 0.3 is 5.97 Å². The third kappa shape index (κ3) is 12.5. The van der Waals surface area contributed by atoms with Crippen LogP contribution in [0.5, 0.6) is 5.95 Å². The average Bonchev–Trinajstić information content (AvgIpc) is 3.29. The molecular formula is C26H45NO5. The van der Waals surface area contributed by atoms with Gasteiger partial charge in [0.1, 0.15) is 0 Å². The number of carbonyl (C=O) groups excluding carboxylic acids is 1. The third-order valence-corrected chi connectivity index (χ3v) is 5.98. The van der Waals surface area contributed by atoms with E-state index < -0.39 is 5.97 Å². The topological polar surface area (TPSA) is 61.1 Å². The van der Waals surface area contributed by atoms with Gasteiger partial charge in [0.2, 0.25) is 5.76 Å². The van der Waals surface area contributed by atoms with Crippen LogP contribution >= 0.6 is 0 Å². The van der Waals surface area contributed by atoms with Crippen molar-refractivity contribution >= 4 is 5.97 Å². The number of unbranched alkanes of at least 4 members (excludes halogenated alkanes) is 11. The highest BCUT2D eigenvalue weighted by molar-refractivity contribution is 5.86. The highest BCUT2D eigenvalue weighted by atomic mass is 16.6. The van der Waals surface area contributed by atoms with Crippen molar-refractivity contribution in [2.45, 2.75) is 90.4 Å². The molecule has 0 saturated carbocycles. The van der Waals surface area contributed by atoms with Crippen LogP contribution in [0.15, 0.2) is 16.5 Å². The first kappa shape index (κ1) is 26.7. The smallest absolute Gasteiger partial charge is 0.374 e. The summed E-state index contributed by atoms with van der Waals surface area (Å²) in [6.45, 7) is 7.68. The lowest BCUT2D eigenvalue weighted by Gasteiger charge is -2.26. The minimum atomic E-state index is -0.424. The van der Waals surface area contributed by atoms with Crippen molar-refractivity contribution in [1.29, 1.82) is 0 Å². The molecule has 0 unspecified atom stereocenters. The molecule has 6 heteroatoms. The van der Waals surface area contributed by atoms with Gasteiger partial charge in [0.15, 0.2) is 0 Å². The fraction of sp³-hybridized carbons (Fsp3) is 0.808. The summed E-state index contributed by atoms with van der Waals surface area (Å²) < 4.78 is 21.8. The van der Waals surface area contributed by atoms with E-state index >= 15 is 0 Å². The van der Waals surface area contributed by atoms with Gasteiger partial charge in [-0.1, -0.05) is 77.6 Å². The second-order valence-electron chi connectivity index (χ2n) is 8.80. The fourth-order valence-corrected chi connectivity index (χ4v) is 3.97. The maximum absolute atomic E-state index is 12.1. The van der Waals surface area contributed by atoms with E-state index in [1.165, 1.54) is 70.6 Å². The van der Waals surface area contributed by atoms with E-state index in [2.05, 4.69) is 11.8 Å². The molecule has 1 aliphatic rings. The summed E-state index contributed by atoms with van der Waals surface area (Å²) in [7, 11) is 0. The van der Waals surface area contributed by atoms with Crippen molar-refractivity contribution < 1.29 is 23.4 Å². The number of rotatable bonds is 19. The van der Waals surface area contributed by atoms with Gasteiger partial charge < -0.3 is 18.6 Å². The molecule has 0 amide bonds. The van der Waals surface area contributed by atoms with Crippen LogP contribution in [-0.2, 0) is 9.47 Å². The summed E-state index contributed by atoms with van der Waals surface area (Å²) in [4.78, 5) is 14.4. The maximum Gasteiger partial charge on any atom is 0.374 e. The maximum atomic E-state index is 12.1. The van der Waals surface area contributed by atoms with Crippen molar-refractivity contribution in [1.82, 2.24) is 4.90 Å². The lowest BCUT2D eigenvalue weighted by atomic mass is 10.1. The molecule has 1 fully saturated rings. The first-order valence-corrected chi connectivity index (χ1v) is 13.0. The van der Waals surface area contributed by atoms with Gasteiger partial charge in [-0.05, 0) is 18.9 Å². The van der Waals surface area contributed by atoms with Crippen molar-refractivity contribution in [2.24, 2.45) is 0 Å². The Morgan fingerprint density at radius 2 is 1.47 bits per heavy atom. The zero-order valence-electron chi connectivity index (χ0n) is 20.3. The summed E-state index contributed by atoms with van der Waals surface area (Å²) in [5, 5.41) is 0. The molecule has 0 atom stereocenters. The number of morpholine rings is 1. The minimum absolute atomic E-state index is 0.209. The number of hydrogen-bond donors (Lipinski definition) is 0. The van der Waals surface area contributed by atoms with Gasteiger partial charge in [-0.3, -0.25) is 4.90 Å². The molecule has 0 aromatic carbocycles. The molecule has 184 valence electrons. The summed E-state index contributed by atoms with van der Waals surface area (Å²) in [5.41, 5.74) is 0. The third-order valence-electron chi connectivity index (χ3n) is 5.98. The molecular weight excluding hydrogens is 406 g/mol. The molecule has 0 N–H and O–H groups in total. The fourth-order valence-electron chi connectivity index (χ4n) is 3.97. The molecule has 2 heterocycles. The Labute approximate surface area is 195 Å². The van der Waals surface area contributed by atoms with Gasteiger partial charge in [0.25, 0.3) is 5.95 Å². The van der Waals surface area contributed by atoms with E-state index in [1.54, 1.807) is 12.1 Å². The van der Waals surface area contributed by atoms with Crippen LogP contribution < -0.4 is 4.74 Å². The molecule has 6 nitrogen and oxygen atoms in total. The second kappa shape index (κ2) is 18.0. The van der Waals surface area contributed by atoms with E-state index in [0.717, 1.165) is 45.7 Å². The normalized spacial score (nSPS) is 14.5. The Morgan fingerprint density at radius 3 is 2.12 bits per heavy atom. The first-order chi connectivity index (χ1) is 15.8. The minimum Gasteiger partial charge on any atom is -0.465 e. The number of esters is 1. The highest BCUT2D eigenvalue weighted by Gasteiger charge is 2.14. The standard InChI is InChI=1S/C26H45NO5/c1-2-3-4-5-6-7-8-9-10-11-12-13-20-30-25-16-15-24(32-25)26(28)31-21-14-17-27-18-22-29-23-19-27/h15-16H,2-14,17-23H2,1H3. The number of carbonyl (C=O) groups is 1. The van der Waals surface area contributed by atoms with E-state index in [0.29, 0.717) is 19.2 Å². The van der Waals surface area contributed by atoms with Crippen LogP contribution in [0.4, 0.5) is 0 Å². The second-order valence-corrected chi connectivity index (χ2v) is 8.80. The van der Waals surface area contributed by atoms with Crippen LogP contribution in [0.2, 0.25) is 0 Å². The van der Waals surface area contributed by atoms with E-state index in [-0.39, 0.29) is 5.76 Å². The summed E-state index contributed by atoms with van der Waals surface area (Å²) in [6.07, 6.45) is 16.6. The number of nitrogens with zero attached hydrogens (tertiary/aromatic N) is 1. The van der Waals surface area contributed by atoms with E-state index in [1.807, 2.05) is 0 Å². The number of hydrogen-bond acceptors (Lipinski definition) is 6. The molecule has 0 spiro atoms. The zero-order chi connectivity index (χ0) is 22.7. The first-order valence-electron chi connectivity index (χ1n) is 13.0. The molecule has 0 radical (unpaired) electrons. The highest BCUT2D eigenvalue weighted by Crippen LogP contribution is 2.18. The zero-order valence-corrected chi connectivity index (χ0v) is 20.3. The van der Waals surface area contributed by atoms with Crippen LogP contribution in [0.3, 0.4) is 0 Å². The van der Waals surface area contributed by atoms with Crippen molar-refractivity contribution in [3.05, 3.63) is 17.9 Å². The van der Waals surface area contributed by atoms with E-state index in [4.69, 9.17) is 18.6 Å². The molecule has 1 aromatic rings. The molecule has 0 bridgehead atoms. The van der Waals surface area contributed by atoms with Gasteiger partial charge in [-0.25, -0.2) is 4.79 Å². The number of ether oxygens (including phenoxy) is 3. The SMILES string of the molecule is CCCCCCCCCCCCCCOc1ccc(C(=O)OCCCN2CCOCC2)o1. The predicted molar refractivity (Wildman–Crippen MR) is 127 cm³/mol. The lowest BCUT2D eigenvalue weighted by Crippen LogP contribution is -2.37. The van der Waals surface area contributed by atoms with Crippen molar-refractivity contribution in [2.75, 3.05) is 46.1 Å². The lowest BCUT2D eigenvalue weighted by molar-refractivity contribution is 0.0286. The molecule has 32 heavy (non-hydrogen) atoms. The van der Waals surface area contributed by atoms with Gasteiger partial charge in [-0.2, -0.15) is 0 Å². The molecule has 1 saturated heterocycles. The summed E-state index contributed by atoms with van der Waals surface area (Å²) in [6, 6.07) is 3.33. The van der Waals surface area contributed by atoms with Crippen molar-refractivity contribution in [3.63, 3.8) is 0 Å². The molecule has 1 aromatic heterocycles. The monoisotopic (exact) mass is 451 g/mol. The predicted octanol–water partition coefficient (Wildman–Crippen LogP) is 6.24. The Kier molecular flexibility index (Phi) is 15.0. The summed E-state index contributed by atoms with van der Waals surface area (Å²) in [5.74, 6) is 0.182. The average molecular weight is 452 g/mol. The van der Waals surface area contributed by atoms with Crippen LogP contribution in [0, 0.1) is 0 Å². The largest absolute Gasteiger partial charge is 0.465 e. The quantitative estimate of drug-likeness (QED) is 0.183.